The molecule has 0 aromatic heterocycles. The molecule has 1 N–H and O–H groups in total. The molecule has 1 aliphatic rings. The fourth-order valence-corrected chi connectivity index (χ4v) is 4.13. The molecule has 0 saturated carbocycles. The number of hydrogen-bond donors (Lipinski definition) is 1. The number of likely N-dealkylation sites (N-methyl/N-ethyl adjacent to an activating group) is 1. The second-order valence-electron chi connectivity index (χ2n) is 8.48. The summed E-state index contributed by atoms with van der Waals surface area (Å²) < 4.78 is 5.66. The van der Waals surface area contributed by atoms with Gasteiger partial charge in [-0.3, -0.25) is 19.3 Å². The highest BCUT2D eigenvalue weighted by molar-refractivity contribution is 6.21. The van der Waals surface area contributed by atoms with Crippen LogP contribution in [0.25, 0.3) is 0 Å². The van der Waals surface area contributed by atoms with E-state index in [0.29, 0.717) is 47.7 Å². The highest BCUT2D eigenvalue weighted by Crippen LogP contribution is 2.26. The zero-order valence-electron chi connectivity index (χ0n) is 20.0. The van der Waals surface area contributed by atoms with Crippen molar-refractivity contribution in [1.29, 1.82) is 0 Å². The van der Waals surface area contributed by atoms with Crippen LogP contribution in [0.5, 0.6) is 5.75 Å². The Morgan fingerprint density at radius 3 is 2.23 bits per heavy atom. The predicted octanol–water partition coefficient (Wildman–Crippen LogP) is 3.74. The highest BCUT2D eigenvalue weighted by Gasteiger charge is 2.35. The summed E-state index contributed by atoms with van der Waals surface area (Å²) in [6.07, 6.45) is 0. The van der Waals surface area contributed by atoms with E-state index in [0.717, 1.165) is 6.54 Å². The van der Waals surface area contributed by atoms with Gasteiger partial charge in [-0.05, 0) is 49.4 Å². The molecule has 1 aliphatic heterocycles. The third kappa shape index (κ3) is 5.58. The van der Waals surface area contributed by atoms with Gasteiger partial charge in [-0.2, -0.15) is 0 Å². The van der Waals surface area contributed by atoms with E-state index in [9.17, 15) is 14.4 Å². The van der Waals surface area contributed by atoms with E-state index in [1.807, 2.05) is 32.2 Å². The molecular formula is C28H29N3O4. The molecule has 3 aromatic carbocycles. The van der Waals surface area contributed by atoms with Gasteiger partial charge in [-0.25, -0.2) is 0 Å². The number of nitrogens with zero attached hydrogens (tertiary/aromatic N) is 2. The molecule has 0 unspecified atom stereocenters. The molecule has 7 heteroatoms. The molecule has 0 bridgehead atoms. The van der Waals surface area contributed by atoms with E-state index < -0.39 is 0 Å². The predicted molar refractivity (Wildman–Crippen MR) is 133 cm³/mol. The fraction of sp³-hybridized carbons (Fsp3) is 0.250. The Hall–Kier alpha value is -3.97. The third-order valence-electron chi connectivity index (χ3n) is 5.88. The number of nitrogens with one attached hydrogen (secondary N) is 1. The van der Waals surface area contributed by atoms with Crippen LogP contribution in [0, 0.1) is 0 Å². The van der Waals surface area contributed by atoms with Crippen molar-refractivity contribution in [2.24, 2.45) is 0 Å². The maximum absolute atomic E-state index is 13.0. The first-order valence-electron chi connectivity index (χ1n) is 11.7. The summed E-state index contributed by atoms with van der Waals surface area (Å²) in [5, 5.41) is 2.96. The minimum atomic E-state index is -0.327. The van der Waals surface area contributed by atoms with Crippen molar-refractivity contribution >= 4 is 17.7 Å². The molecule has 0 radical (unpaired) electrons. The summed E-state index contributed by atoms with van der Waals surface area (Å²) in [4.78, 5) is 41.8. The monoisotopic (exact) mass is 471 g/mol. The minimum Gasteiger partial charge on any atom is -0.493 e. The van der Waals surface area contributed by atoms with Crippen molar-refractivity contribution in [3.05, 3.63) is 101 Å². The first-order chi connectivity index (χ1) is 17.0. The van der Waals surface area contributed by atoms with Gasteiger partial charge in [0.1, 0.15) is 5.75 Å². The average Bonchev–Trinajstić information content (AvgIpc) is 3.10. The zero-order valence-corrected chi connectivity index (χ0v) is 20.0. The molecule has 7 nitrogen and oxygen atoms in total. The Balaban J connectivity index is 1.42. The van der Waals surface area contributed by atoms with Crippen molar-refractivity contribution in [2.75, 3.05) is 26.7 Å². The van der Waals surface area contributed by atoms with Crippen LogP contribution >= 0.6 is 0 Å². The Kier molecular flexibility index (Phi) is 7.57. The number of ether oxygens (including phenoxy) is 1. The molecule has 0 atom stereocenters. The Bertz CT molecular complexity index is 1190. The van der Waals surface area contributed by atoms with Gasteiger partial charge in [0, 0.05) is 19.6 Å². The molecule has 3 aromatic rings. The summed E-state index contributed by atoms with van der Waals surface area (Å²) >= 11 is 0. The molecule has 35 heavy (non-hydrogen) atoms. The number of rotatable bonds is 10. The smallest absolute Gasteiger partial charge is 0.261 e. The maximum Gasteiger partial charge on any atom is 0.261 e. The number of hydrogen-bond acceptors (Lipinski definition) is 5. The van der Waals surface area contributed by atoms with Gasteiger partial charge < -0.3 is 15.0 Å². The second kappa shape index (κ2) is 11.0. The van der Waals surface area contributed by atoms with Crippen LogP contribution < -0.4 is 10.1 Å². The van der Waals surface area contributed by atoms with Crippen LogP contribution in [0.4, 0.5) is 0 Å². The number of benzene rings is 3. The van der Waals surface area contributed by atoms with E-state index in [-0.39, 0.29) is 24.3 Å². The molecule has 0 fully saturated rings. The minimum absolute atomic E-state index is 0.0822. The van der Waals surface area contributed by atoms with Crippen molar-refractivity contribution in [3.63, 3.8) is 0 Å². The SMILES string of the molecule is CCOc1ccc(CN2C(=O)c3ccccc3C2=O)cc1C(=O)NCCN(C)Cc1ccccc1. The molecule has 1 heterocycles. The zero-order chi connectivity index (χ0) is 24.8. The normalized spacial score (nSPS) is 12.7. The number of carbonyl (C=O) groups is 3. The average molecular weight is 472 g/mol. The fourth-order valence-electron chi connectivity index (χ4n) is 4.13. The molecular weight excluding hydrogens is 442 g/mol. The first kappa shape index (κ1) is 24.2. The van der Waals surface area contributed by atoms with Gasteiger partial charge in [-0.15, -0.1) is 0 Å². The second-order valence-corrected chi connectivity index (χ2v) is 8.48. The molecule has 3 amide bonds. The van der Waals surface area contributed by atoms with Crippen LogP contribution in [0.3, 0.4) is 0 Å². The number of amides is 3. The van der Waals surface area contributed by atoms with Crippen molar-refractivity contribution < 1.29 is 19.1 Å². The molecule has 0 aliphatic carbocycles. The van der Waals surface area contributed by atoms with E-state index >= 15 is 0 Å². The van der Waals surface area contributed by atoms with E-state index in [2.05, 4.69) is 22.3 Å². The van der Waals surface area contributed by atoms with E-state index in [1.165, 1.54) is 10.5 Å². The molecule has 0 spiro atoms. The summed E-state index contributed by atoms with van der Waals surface area (Å²) in [6.45, 7) is 4.29. The van der Waals surface area contributed by atoms with Crippen LogP contribution in [-0.4, -0.2) is 54.3 Å². The quantitative estimate of drug-likeness (QED) is 0.456. The van der Waals surface area contributed by atoms with Crippen molar-refractivity contribution in [3.8, 4) is 5.75 Å². The summed E-state index contributed by atoms with van der Waals surface area (Å²) in [5.74, 6) is -0.446. The van der Waals surface area contributed by atoms with Crippen LogP contribution in [-0.2, 0) is 13.1 Å². The van der Waals surface area contributed by atoms with Gasteiger partial charge >= 0.3 is 0 Å². The molecule has 4 rings (SSSR count). The Morgan fingerprint density at radius 1 is 0.914 bits per heavy atom. The number of fused-ring (bicyclic) bond motifs is 1. The number of imide groups is 1. The lowest BCUT2D eigenvalue weighted by atomic mass is 10.1. The number of carbonyl (C=O) groups excluding carboxylic acids is 3. The topological polar surface area (TPSA) is 78.9 Å². The summed E-state index contributed by atoms with van der Waals surface area (Å²) in [6, 6.07) is 22.1. The Labute approximate surface area is 205 Å². The Morgan fingerprint density at radius 2 is 1.57 bits per heavy atom. The van der Waals surface area contributed by atoms with Crippen LogP contribution in [0.2, 0.25) is 0 Å². The van der Waals surface area contributed by atoms with Gasteiger partial charge in [0.2, 0.25) is 0 Å². The molecule has 0 saturated heterocycles. The summed E-state index contributed by atoms with van der Waals surface area (Å²) in [7, 11) is 2.01. The van der Waals surface area contributed by atoms with Crippen molar-refractivity contribution in [2.45, 2.75) is 20.0 Å². The van der Waals surface area contributed by atoms with Crippen LogP contribution in [0.1, 0.15) is 49.1 Å². The van der Waals surface area contributed by atoms with E-state index in [4.69, 9.17) is 4.74 Å². The third-order valence-corrected chi connectivity index (χ3v) is 5.88. The lowest BCUT2D eigenvalue weighted by Crippen LogP contribution is -2.33. The lowest BCUT2D eigenvalue weighted by molar-refractivity contribution is 0.0642. The standard InChI is InChI=1S/C28H29N3O4/c1-3-35-25-14-13-21(19-31-27(33)22-11-7-8-12-23(22)28(31)34)17-24(25)26(32)29-15-16-30(2)18-20-9-5-4-6-10-20/h4-14,17H,3,15-16,18-19H2,1-2H3,(H,29,32). The summed E-state index contributed by atoms with van der Waals surface area (Å²) in [5.41, 5.74) is 3.07. The van der Waals surface area contributed by atoms with E-state index in [1.54, 1.807) is 42.5 Å². The van der Waals surface area contributed by atoms with Gasteiger partial charge in [0.25, 0.3) is 17.7 Å². The lowest BCUT2D eigenvalue weighted by Gasteiger charge is -2.18. The largest absolute Gasteiger partial charge is 0.493 e. The van der Waals surface area contributed by atoms with Crippen LogP contribution in [0.15, 0.2) is 72.8 Å². The van der Waals surface area contributed by atoms with Gasteiger partial charge in [-0.1, -0.05) is 48.5 Å². The van der Waals surface area contributed by atoms with Crippen molar-refractivity contribution in [1.82, 2.24) is 15.1 Å². The highest BCUT2D eigenvalue weighted by atomic mass is 16.5. The van der Waals surface area contributed by atoms with Gasteiger partial charge in [0.15, 0.2) is 0 Å². The molecule has 180 valence electrons. The van der Waals surface area contributed by atoms with Gasteiger partial charge in [0.05, 0.1) is 29.8 Å². The maximum atomic E-state index is 13.0. The first-order valence-corrected chi connectivity index (χ1v) is 11.7.